The van der Waals surface area contributed by atoms with E-state index in [4.69, 9.17) is 0 Å². The average molecular weight is 264 g/mol. The second-order valence-electron chi connectivity index (χ2n) is 6.17. The van der Waals surface area contributed by atoms with Crippen molar-refractivity contribution in [3.8, 4) is 0 Å². The summed E-state index contributed by atoms with van der Waals surface area (Å²) in [5, 5.41) is 3.65. The highest BCUT2D eigenvalue weighted by Gasteiger charge is 2.31. The molecule has 0 bridgehead atoms. The molecule has 0 atom stereocenters. The third-order valence-electron chi connectivity index (χ3n) is 4.68. The number of anilines is 1. The molecule has 0 unspecified atom stereocenters. The molecule has 0 spiro atoms. The Morgan fingerprint density at radius 1 is 1.37 bits per heavy atom. The number of rotatable bonds is 6. The SMILES string of the molecule is CCC1(CNCc2cnc(N(C)C)n2C)CCCC1. The Balaban J connectivity index is 1.89. The third-order valence-corrected chi connectivity index (χ3v) is 4.68. The molecule has 1 aliphatic rings. The lowest BCUT2D eigenvalue weighted by Gasteiger charge is -2.27. The zero-order valence-electron chi connectivity index (χ0n) is 12.9. The number of hydrogen-bond acceptors (Lipinski definition) is 3. The van der Waals surface area contributed by atoms with Crippen molar-refractivity contribution < 1.29 is 0 Å². The molecule has 0 radical (unpaired) electrons. The van der Waals surface area contributed by atoms with E-state index in [2.05, 4.69) is 28.8 Å². The normalized spacial score (nSPS) is 17.9. The Bertz CT molecular complexity index is 402. The maximum Gasteiger partial charge on any atom is 0.204 e. The lowest BCUT2D eigenvalue weighted by atomic mass is 9.83. The molecule has 19 heavy (non-hydrogen) atoms. The van der Waals surface area contributed by atoms with Crippen molar-refractivity contribution in [1.29, 1.82) is 0 Å². The molecule has 1 aromatic heterocycles. The van der Waals surface area contributed by atoms with Crippen LogP contribution in [0.4, 0.5) is 5.95 Å². The maximum atomic E-state index is 4.45. The number of hydrogen-bond donors (Lipinski definition) is 1. The zero-order chi connectivity index (χ0) is 13.9. The van der Waals surface area contributed by atoms with Gasteiger partial charge in [0.05, 0.1) is 11.9 Å². The van der Waals surface area contributed by atoms with Crippen LogP contribution in [-0.2, 0) is 13.6 Å². The van der Waals surface area contributed by atoms with Crippen molar-refractivity contribution in [2.24, 2.45) is 12.5 Å². The quantitative estimate of drug-likeness (QED) is 0.857. The molecule has 0 aliphatic heterocycles. The Hall–Kier alpha value is -1.03. The van der Waals surface area contributed by atoms with Crippen molar-refractivity contribution >= 4 is 5.95 Å². The molecule has 4 nitrogen and oxygen atoms in total. The fraction of sp³-hybridized carbons (Fsp3) is 0.800. The highest BCUT2D eigenvalue weighted by molar-refractivity contribution is 5.30. The third kappa shape index (κ3) is 3.11. The molecule has 108 valence electrons. The minimum absolute atomic E-state index is 0.559. The van der Waals surface area contributed by atoms with Gasteiger partial charge < -0.3 is 14.8 Å². The highest BCUT2D eigenvalue weighted by atomic mass is 15.3. The van der Waals surface area contributed by atoms with Crippen LogP contribution in [0.1, 0.15) is 44.7 Å². The van der Waals surface area contributed by atoms with Gasteiger partial charge in [0.25, 0.3) is 0 Å². The smallest absolute Gasteiger partial charge is 0.204 e. The van der Waals surface area contributed by atoms with Gasteiger partial charge in [0.2, 0.25) is 5.95 Å². The molecular weight excluding hydrogens is 236 g/mol. The lowest BCUT2D eigenvalue weighted by Crippen LogP contribution is -2.31. The van der Waals surface area contributed by atoms with Gasteiger partial charge in [-0.15, -0.1) is 0 Å². The topological polar surface area (TPSA) is 33.1 Å². The van der Waals surface area contributed by atoms with Gasteiger partial charge in [0, 0.05) is 34.2 Å². The Morgan fingerprint density at radius 2 is 2.05 bits per heavy atom. The van der Waals surface area contributed by atoms with Crippen molar-refractivity contribution in [2.45, 2.75) is 45.6 Å². The molecular formula is C15H28N4. The summed E-state index contributed by atoms with van der Waals surface area (Å²) in [4.78, 5) is 6.50. The van der Waals surface area contributed by atoms with Crippen LogP contribution in [-0.4, -0.2) is 30.2 Å². The second-order valence-corrected chi connectivity index (χ2v) is 6.17. The van der Waals surface area contributed by atoms with Gasteiger partial charge in [-0.1, -0.05) is 19.8 Å². The molecule has 1 saturated carbocycles. The van der Waals surface area contributed by atoms with Crippen LogP contribution >= 0.6 is 0 Å². The average Bonchev–Trinajstić information content (AvgIpc) is 2.98. The molecule has 1 heterocycles. The molecule has 0 aromatic carbocycles. The maximum absolute atomic E-state index is 4.45. The standard InChI is InChI=1S/C15H28N4/c1-5-15(8-6-7-9-15)12-16-10-13-11-17-14(18(2)3)19(13)4/h11,16H,5-10,12H2,1-4H3. The van der Waals surface area contributed by atoms with Gasteiger partial charge in [-0.3, -0.25) is 0 Å². The van der Waals surface area contributed by atoms with E-state index < -0.39 is 0 Å². The molecule has 1 aromatic rings. The summed E-state index contributed by atoms with van der Waals surface area (Å²) in [5.41, 5.74) is 1.82. The Morgan fingerprint density at radius 3 is 2.58 bits per heavy atom. The molecule has 0 saturated heterocycles. The highest BCUT2D eigenvalue weighted by Crippen LogP contribution is 2.40. The molecule has 0 amide bonds. The van der Waals surface area contributed by atoms with Crippen LogP contribution < -0.4 is 10.2 Å². The molecule has 2 rings (SSSR count). The predicted molar refractivity (Wildman–Crippen MR) is 80.4 cm³/mol. The Labute approximate surface area is 117 Å². The summed E-state index contributed by atoms with van der Waals surface area (Å²) in [6.07, 6.45) is 8.89. The van der Waals surface area contributed by atoms with E-state index in [-0.39, 0.29) is 0 Å². The van der Waals surface area contributed by atoms with Crippen LogP contribution in [0.15, 0.2) is 6.20 Å². The van der Waals surface area contributed by atoms with Gasteiger partial charge in [-0.2, -0.15) is 0 Å². The van der Waals surface area contributed by atoms with Gasteiger partial charge in [-0.25, -0.2) is 4.98 Å². The van der Waals surface area contributed by atoms with Gasteiger partial charge in [-0.05, 0) is 24.7 Å². The van der Waals surface area contributed by atoms with Gasteiger partial charge >= 0.3 is 0 Å². The van der Waals surface area contributed by atoms with E-state index in [0.717, 1.165) is 19.0 Å². The lowest BCUT2D eigenvalue weighted by molar-refractivity contribution is 0.267. The molecule has 1 N–H and O–H groups in total. The van der Waals surface area contributed by atoms with E-state index in [1.807, 2.05) is 25.2 Å². The minimum atomic E-state index is 0.559. The van der Waals surface area contributed by atoms with Crippen LogP contribution in [0.25, 0.3) is 0 Å². The summed E-state index contributed by atoms with van der Waals surface area (Å²) in [6.45, 7) is 4.40. The fourth-order valence-electron chi connectivity index (χ4n) is 3.25. The van der Waals surface area contributed by atoms with Crippen molar-refractivity contribution in [3.63, 3.8) is 0 Å². The second kappa shape index (κ2) is 5.95. The van der Waals surface area contributed by atoms with Crippen LogP contribution in [0.2, 0.25) is 0 Å². The van der Waals surface area contributed by atoms with Crippen LogP contribution in [0, 0.1) is 5.41 Å². The summed E-state index contributed by atoms with van der Waals surface area (Å²) in [6, 6.07) is 0. The van der Waals surface area contributed by atoms with Crippen molar-refractivity contribution in [1.82, 2.24) is 14.9 Å². The number of imidazole rings is 1. The molecule has 1 fully saturated rings. The first kappa shape index (κ1) is 14.4. The largest absolute Gasteiger partial charge is 0.348 e. The van der Waals surface area contributed by atoms with Crippen LogP contribution in [0.5, 0.6) is 0 Å². The van der Waals surface area contributed by atoms with Gasteiger partial charge in [0.15, 0.2) is 0 Å². The van der Waals surface area contributed by atoms with Crippen molar-refractivity contribution in [3.05, 3.63) is 11.9 Å². The first-order valence-electron chi connectivity index (χ1n) is 7.46. The van der Waals surface area contributed by atoms with Gasteiger partial charge in [0.1, 0.15) is 0 Å². The zero-order valence-corrected chi connectivity index (χ0v) is 12.9. The molecule has 4 heteroatoms. The van der Waals surface area contributed by atoms with E-state index in [9.17, 15) is 0 Å². The first-order chi connectivity index (χ1) is 9.08. The number of nitrogens with zero attached hydrogens (tertiary/aromatic N) is 3. The van der Waals surface area contributed by atoms with E-state index in [0.29, 0.717) is 5.41 Å². The first-order valence-corrected chi connectivity index (χ1v) is 7.46. The van der Waals surface area contributed by atoms with Crippen molar-refractivity contribution in [2.75, 3.05) is 25.5 Å². The number of aromatic nitrogens is 2. The monoisotopic (exact) mass is 264 g/mol. The van der Waals surface area contributed by atoms with E-state index in [1.165, 1.54) is 37.8 Å². The minimum Gasteiger partial charge on any atom is -0.348 e. The Kier molecular flexibility index (Phi) is 4.50. The van der Waals surface area contributed by atoms with Crippen LogP contribution in [0.3, 0.4) is 0 Å². The van der Waals surface area contributed by atoms with E-state index >= 15 is 0 Å². The summed E-state index contributed by atoms with van der Waals surface area (Å²) < 4.78 is 2.17. The fourth-order valence-corrected chi connectivity index (χ4v) is 3.25. The predicted octanol–water partition coefficient (Wildman–Crippen LogP) is 2.55. The number of nitrogens with one attached hydrogen (secondary N) is 1. The molecule has 1 aliphatic carbocycles. The summed E-state index contributed by atoms with van der Waals surface area (Å²) >= 11 is 0. The van der Waals surface area contributed by atoms with E-state index in [1.54, 1.807) is 0 Å². The summed E-state index contributed by atoms with van der Waals surface area (Å²) in [5.74, 6) is 1.02. The summed E-state index contributed by atoms with van der Waals surface area (Å²) in [7, 11) is 6.15.